The molecule has 4 rings (SSSR count). The number of furan rings is 2. The summed E-state index contributed by atoms with van der Waals surface area (Å²) in [5.41, 5.74) is 3.79. The second-order valence-electron chi connectivity index (χ2n) is 6.97. The zero-order valence-corrected chi connectivity index (χ0v) is 17.8. The number of amides is 1. The minimum absolute atomic E-state index is 0.0917. The highest BCUT2D eigenvalue weighted by Crippen LogP contribution is 2.28. The lowest BCUT2D eigenvalue weighted by atomic mass is 10.1. The van der Waals surface area contributed by atoms with Crippen LogP contribution < -0.4 is 5.32 Å². The summed E-state index contributed by atoms with van der Waals surface area (Å²) in [4.78, 5) is 12.6. The summed E-state index contributed by atoms with van der Waals surface area (Å²) in [6, 6.07) is 11.5. The number of nitrogens with zero attached hydrogens (tertiary/aromatic N) is 3. The van der Waals surface area contributed by atoms with Crippen molar-refractivity contribution in [2.75, 3.05) is 11.1 Å². The number of hydrogen-bond donors (Lipinski definition) is 1. The van der Waals surface area contributed by atoms with Gasteiger partial charge in [-0.05, 0) is 50.1 Å². The third-order valence-corrected chi connectivity index (χ3v) is 5.76. The Kier molecular flexibility index (Phi) is 5.76. The first-order valence-corrected chi connectivity index (χ1v) is 10.5. The van der Waals surface area contributed by atoms with Crippen LogP contribution in [0, 0.1) is 20.8 Å². The van der Waals surface area contributed by atoms with Crippen LogP contribution in [0.1, 0.15) is 22.6 Å². The van der Waals surface area contributed by atoms with Gasteiger partial charge in [-0.2, -0.15) is 0 Å². The predicted octanol–water partition coefficient (Wildman–Crippen LogP) is 4.84. The van der Waals surface area contributed by atoms with E-state index in [0.717, 1.165) is 33.9 Å². The van der Waals surface area contributed by atoms with Gasteiger partial charge in [-0.15, -0.1) is 10.2 Å². The van der Waals surface area contributed by atoms with Crippen LogP contribution in [-0.2, 0) is 11.3 Å². The molecular formula is C22H22N4O3S. The molecule has 0 aliphatic rings. The van der Waals surface area contributed by atoms with Gasteiger partial charge < -0.3 is 14.2 Å². The van der Waals surface area contributed by atoms with Gasteiger partial charge in [-0.3, -0.25) is 9.36 Å². The van der Waals surface area contributed by atoms with Gasteiger partial charge in [0.15, 0.2) is 11.0 Å². The quantitative estimate of drug-likeness (QED) is 0.429. The Labute approximate surface area is 178 Å². The maximum Gasteiger partial charge on any atom is 0.234 e. The van der Waals surface area contributed by atoms with E-state index in [1.165, 1.54) is 11.8 Å². The van der Waals surface area contributed by atoms with Gasteiger partial charge in [0.1, 0.15) is 11.5 Å². The molecule has 1 aromatic carbocycles. The third-order valence-electron chi connectivity index (χ3n) is 4.79. The monoisotopic (exact) mass is 422 g/mol. The van der Waals surface area contributed by atoms with Crippen LogP contribution in [0.15, 0.2) is 62.9 Å². The standard InChI is InChI=1S/C22H22N4O3S/c1-14-6-4-7-15(2)20(14)23-19(27)13-30-22-25-24-21(18-9-11-28-16(18)3)26(22)12-17-8-5-10-29-17/h4-11H,12-13H2,1-3H3,(H,23,27). The summed E-state index contributed by atoms with van der Waals surface area (Å²) in [5.74, 6) is 2.33. The SMILES string of the molecule is Cc1cccc(C)c1NC(=O)CSc1nnc(-c2ccoc2C)n1Cc1ccco1. The molecule has 0 unspecified atom stereocenters. The van der Waals surface area contributed by atoms with E-state index in [-0.39, 0.29) is 11.7 Å². The van der Waals surface area contributed by atoms with Crippen molar-refractivity contribution in [3.8, 4) is 11.4 Å². The molecule has 0 atom stereocenters. The smallest absolute Gasteiger partial charge is 0.234 e. The molecule has 0 aliphatic carbocycles. The Morgan fingerprint density at radius 3 is 2.50 bits per heavy atom. The molecule has 154 valence electrons. The van der Waals surface area contributed by atoms with Gasteiger partial charge in [-0.1, -0.05) is 30.0 Å². The first-order chi connectivity index (χ1) is 14.5. The normalized spacial score (nSPS) is 11.0. The molecule has 1 N–H and O–H groups in total. The fourth-order valence-corrected chi connectivity index (χ4v) is 3.97. The number of carbonyl (C=O) groups excluding carboxylic acids is 1. The number of benzene rings is 1. The summed E-state index contributed by atoms with van der Waals surface area (Å²) in [6.07, 6.45) is 3.26. The highest BCUT2D eigenvalue weighted by atomic mass is 32.2. The second-order valence-corrected chi connectivity index (χ2v) is 7.91. The number of hydrogen-bond acceptors (Lipinski definition) is 6. The van der Waals surface area contributed by atoms with Crippen molar-refractivity contribution in [1.29, 1.82) is 0 Å². The third kappa shape index (κ3) is 4.18. The van der Waals surface area contributed by atoms with Crippen molar-refractivity contribution in [2.24, 2.45) is 0 Å². The Balaban J connectivity index is 1.54. The number of para-hydroxylation sites is 1. The number of aryl methyl sites for hydroxylation is 3. The number of aromatic nitrogens is 3. The maximum absolute atomic E-state index is 12.6. The Morgan fingerprint density at radius 2 is 1.83 bits per heavy atom. The molecule has 7 nitrogen and oxygen atoms in total. The molecule has 0 saturated carbocycles. The van der Waals surface area contributed by atoms with E-state index in [1.54, 1.807) is 12.5 Å². The van der Waals surface area contributed by atoms with Crippen LogP contribution in [0.3, 0.4) is 0 Å². The molecule has 4 aromatic rings. The molecular weight excluding hydrogens is 400 g/mol. The Bertz CT molecular complexity index is 1140. The molecule has 3 aromatic heterocycles. The van der Waals surface area contributed by atoms with Gasteiger partial charge in [0.05, 0.1) is 30.4 Å². The molecule has 0 bridgehead atoms. The molecule has 3 heterocycles. The average molecular weight is 423 g/mol. The average Bonchev–Trinajstić information content (AvgIpc) is 3.46. The highest BCUT2D eigenvalue weighted by molar-refractivity contribution is 7.99. The topological polar surface area (TPSA) is 86.1 Å². The largest absolute Gasteiger partial charge is 0.469 e. The fraction of sp³-hybridized carbons (Fsp3) is 0.227. The van der Waals surface area contributed by atoms with Crippen molar-refractivity contribution >= 4 is 23.4 Å². The van der Waals surface area contributed by atoms with E-state index in [4.69, 9.17) is 8.83 Å². The van der Waals surface area contributed by atoms with Crippen LogP contribution in [0.2, 0.25) is 0 Å². The lowest BCUT2D eigenvalue weighted by Gasteiger charge is -2.11. The zero-order chi connectivity index (χ0) is 21.1. The zero-order valence-electron chi connectivity index (χ0n) is 17.0. The van der Waals surface area contributed by atoms with Gasteiger partial charge in [0.25, 0.3) is 0 Å². The molecule has 0 saturated heterocycles. The summed E-state index contributed by atoms with van der Waals surface area (Å²) < 4.78 is 12.9. The van der Waals surface area contributed by atoms with Crippen LogP contribution in [0.25, 0.3) is 11.4 Å². The van der Waals surface area contributed by atoms with Gasteiger partial charge >= 0.3 is 0 Å². The minimum atomic E-state index is -0.0917. The number of anilines is 1. The maximum atomic E-state index is 12.6. The molecule has 0 aliphatic heterocycles. The number of carbonyl (C=O) groups is 1. The Hall–Kier alpha value is -3.26. The Morgan fingerprint density at radius 1 is 1.03 bits per heavy atom. The second kappa shape index (κ2) is 8.62. The van der Waals surface area contributed by atoms with Crippen molar-refractivity contribution in [1.82, 2.24) is 14.8 Å². The summed E-state index contributed by atoms with van der Waals surface area (Å²) in [7, 11) is 0. The molecule has 0 radical (unpaired) electrons. The van der Waals surface area contributed by atoms with Crippen molar-refractivity contribution in [3.05, 3.63) is 71.6 Å². The van der Waals surface area contributed by atoms with Gasteiger partial charge in [0, 0.05) is 5.69 Å². The predicted molar refractivity (Wildman–Crippen MR) is 116 cm³/mol. The van der Waals surface area contributed by atoms with E-state index >= 15 is 0 Å². The van der Waals surface area contributed by atoms with Crippen LogP contribution >= 0.6 is 11.8 Å². The van der Waals surface area contributed by atoms with E-state index in [0.29, 0.717) is 17.5 Å². The molecule has 1 amide bonds. The van der Waals surface area contributed by atoms with E-state index < -0.39 is 0 Å². The van der Waals surface area contributed by atoms with Crippen LogP contribution in [0.5, 0.6) is 0 Å². The first kappa shape index (κ1) is 20.0. The van der Waals surface area contributed by atoms with Gasteiger partial charge in [-0.25, -0.2) is 0 Å². The lowest BCUT2D eigenvalue weighted by Crippen LogP contribution is -2.16. The van der Waals surface area contributed by atoms with Crippen molar-refractivity contribution in [2.45, 2.75) is 32.5 Å². The summed E-state index contributed by atoms with van der Waals surface area (Å²) in [6.45, 7) is 6.30. The number of rotatable bonds is 7. The van der Waals surface area contributed by atoms with Crippen LogP contribution in [0.4, 0.5) is 5.69 Å². The van der Waals surface area contributed by atoms with E-state index in [9.17, 15) is 4.79 Å². The van der Waals surface area contributed by atoms with E-state index in [1.807, 2.05) is 61.7 Å². The van der Waals surface area contributed by atoms with Crippen molar-refractivity contribution < 1.29 is 13.6 Å². The van der Waals surface area contributed by atoms with Gasteiger partial charge in [0.2, 0.25) is 5.91 Å². The highest BCUT2D eigenvalue weighted by Gasteiger charge is 2.19. The van der Waals surface area contributed by atoms with E-state index in [2.05, 4.69) is 15.5 Å². The molecule has 0 fully saturated rings. The molecule has 30 heavy (non-hydrogen) atoms. The number of thioether (sulfide) groups is 1. The summed E-state index contributed by atoms with van der Waals surface area (Å²) in [5, 5.41) is 12.3. The molecule has 8 heteroatoms. The number of nitrogens with one attached hydrogen (secondary N) is 1. The lowest BCUT2D eigenvalue weighted by molar-refractivity contribution is -0.113. The minimum Gasteiger partial charge on any atom is -0.469 e. The summed E-state index contributed by atoms with van der Waals surface area (Å²) >= 11 is 1.34. The van der Waals surface area contributed by atoms with Crippen molar-refractivity contribution in [3.63, 3.8) is 0 Å². The first-order valence-electron chi connectivity index (χ1n) is 9.52. The fourth-order valence-electron chi connectivity index (χ4n) is 3.23. The molecule has 0 spiro atoms. The van der Waals surface area contributed by atoms with Crippen LogP contribution in [-0.4, -0.2) is 26.4 Å².